The number of ether oxygens (including phenoxy) is 2. The first-order valence-corrected chi connectivity index (χ1v) is 9.29. The highest BCUT2D eigenvalue weighted by Gasteiger charge is 2.35. The van der Waals surface area contributed by atoms with Crippen molar-refractivity contribution in [2.24, 2.45) is 0 Å². The van der Waals surface area contributed by atoms with E-state index in [1.165, 1.54) is 0 Å². The van der Waals surface area contributed by atoms with Gasteiger partial charge in [0.2, 0.25) is 0 Å². The molecule has 4 aromatic rings. The number of benzene rings is 3. The van der Waals surface area contributed by atoms with E-state index in [4.69, 9.17) is 9.47 Å². The van der Waals surface area contributed by atoms with Crippen molar-refractivity contribution in [3.63, 3.8) is 0 Å². The minimum absolute atomic E-state index is 0.122. The fourth-order valence-corrected chi connectivity index (χ4v) is 3.77. The monoisotopic (exact) mass is 373 g/mol. The first kappa shape index (κ1) is 18.3. The number of methoxy groups -OCH3 is 2. The highest BCUT2D eigenvalue weighted by Crippen LogP contribution is 2.42. The van der Waals surface area contributed by atoms with E-state index in [1.54, 1.807) is 14.2 Å². The normalized spacial score (nSPS) is 14.6. The van der Waals surface area contributed by atoms with Crippen LogP contribution in [0.1, 0.15) is 29.4 Å². The number of aromatic nitrogens is 3. The molecule has 3 atom stereocenters. The predicted molar refractivity (Wildman–Crippen MR) is 109 cm³/mol. The van der Waals surface area contributed by atoms with E-state index in [9.17, 15) is 0 Å². The third kappa shape index (κ3) is 3.42. The van der Waals surface area contributed by atoms with Crippen molar-refractivity contribution in [1.29, 1.82) is 0 Å². The summed E-state index contributed by atoms with van der Waals surface area (Å²) in [6.45, 7) is 0. The minimum atomic E-state index is -0.389. The molecule has 28 heavy (non-hydrogen) atoms. The second-order valence-electron chi connectivity index (χ2n) is 6.65. The van der Waals surface area contributed by atoms with E-state index >= 15 is 0 Å². The number of hydrogen-bond acceptors (Lipinski definition) is 4. The molecule has 1 aromatic heterocycles. The second kappa shape index (κ2) is 8.33. The molecule has 3 aromatic carbocycles. The number of hydrogen-bond donors (Lipinski definition) is 0. The molecular formula is C23H23N3O2. The summed E-state index contributed by atoms with van der Waals surface area (Å²) in [5.74, 6) is -0.122. The summed E-state index contributed by atoms with van der Waals surface area (Å²) in [6.07, 6.45) is -0.600. The van der Waals surface area contributed by atoms with Crippen LogP contribution in [0.25, 0.3) is 11.0 Å². The van der Waals surface area contributed by atoms with Crippen molar-refractivity contribution in [1.82, 2.24) is 15.0 Å². The van der Waals surface area contributed by atoms with E-state index in [0.29, 0.717) is 0 Å². The van der Waals surface area contributed by atoms with Gasteiger partial charge in [-0.1, -0.05) is 78.0 Å². The smallest absolute Gasteiger partial charge is 0.161 e. The molecule has 0 saturated heterocycles. The highest BCUT2D eigenvalue weighted by atomic mass is 16.5. The molecule has 0 aliphatic carbocycles. The standard InChI is InChI=1S/C23H23N3O2/c1-27-22(18-13-7-4-8-14-18)21(17-11-5-3-6-12-17)23(28-2)26-20-16-10-9-15-19(20)24-25-26/h3-16,21-23H,1-2H3/t21-,22-,23+/m0/s1. The van der Waals surface area contributed by atoms with Gasteiger partial charge in [0.05, 0.1) is 17.5 Å². The van der Waals surface area contributed by atoms with E-state index in [-0.39, 0.29) is 18.2 Å². The van der Waals surface area contributed by atoms with Gasteiger partial charge in [-0.25, -0.2) is 4.68 Å². The van der Waals surface area contributed by atoms with Crippen molar-refractivity contribution in [3.8, 4) is 0 Å². The van der Waals surface area contributed by atoms with Crippen LogP contribution in [0.2, 0.25) is 0 Å². The minimum Gasteiger partial charge on any atom is -0.376 e. The van der Waals surface area contributed by atoms with Crippen molar-refractivity contribution in [2.75, 3.05) is 14.2 Å². The van der Waals surface area contributed by atoms with Crippen LogP contribution >= 0.6 is 0 Å². The molecule has 0 radical (unpaired) electrons. The van der Waals surface area contributed by atoms with Gasteiger partial charge in [-0.2, -0.15) is 0 Å². The Labute approximate surface area is 164 Å². The lowest BCUT2D eigenvalue weighted by Gasteiger charge is -2.33. The summed E-state index contributed by atoms with van der Waals surface area (Å²) in [5.41, 5.74) is 3.97. The molecule has 0 aliphatic heterocycles. The molecule has 5 nitrogen and oxygen atoms in total. The van der Waals surface area contributed by atoms with Gasteiger partial charge in [0, 0.05) is 14.2 Å². The lowest BCUT2D eigenvalue weighted by molar-refractivity contribution is -0.0434. The molecule has 142 valence electrons. The summed E-state index contributed by atoms with van der Waals surface area (Å²) in [6, 6.07) is 28.4. The third-order valence-corrected chi connectivity index (χ3v) is 5.06. The Bertz CT molecular complexity index is 1020. The third-order valence-electron chi connectivity index (χ3n) is 5.06. The van der Waals surface area contributed by atoms with Gasteiger partial charge < -0.3 is 9.47 Å². The maximum Gasteiger partial charge on any atom is 0.161 e. The van der Waals surface area contributed by atoms with Crippen LogP contribution in [0, 0.1) is 0 Å². The van der Waals surface area contributed by atoms with Crippen LogP contribution in [0.15, 0.2) is 84.9 Å². The highest BCUT2D eigenvalue weighted by molar-refractivity contribution is 5.74. The zero-order valence-corrected chi connectivity index (χ0v) is 16.0. The molecule has 0 aliphatic rings. The van der Waals surface area contributed by atoms with E-state index in [0.717, 1.165) is 22.2 Å². The number of para-hydroxylation sites is 1. The van der Waals surface area contributed by atoms with Crippen LogP contribution in [0.4, 0.5) is 0 Å². The summed E-state index contributed by atoms with van der Waals surface area (Å²) < 4.78 is 13.9. The van der Waals surface area contributed by atoms with Crippen LogP contribution < -0.4 is 0 Å². The maximum absolute atomic E-state index is 6.00. The summed E-state index contributed by atoms with van der Waals surface area (Å²) in [7, 11) is 3.44. The van der Waals surface area contributed by atoms with Gasteiger partial charge in [0.1, 0.15) is 5.52 Å². The SMILES string of the molecule is CO[C@H]([C@@H](c1ccccc1)[C@@H](OC)c1ccccc1)n1nnc2ccccc21. The Hall–Kier alpha value is -3.02. The van der Waals surface area contributed by atoms with Gasteiger partial charge in [-0.3, -0.25) is 0 Å². The van der Waals surface area contributed by atoms with Crippen LogP contribution in [0.3, 0.4) is 0 Å². The van der Waals surface area contributed by atoms with E-state index < -0.39 is 0 Å². The number of nitrogens with zero attached hydrogens (tertiary/aromatic N) is 3. The van der Waals surface area contributed by atoms with Crippen LogP contribution in [-0.4, -0.2) is 29.2 Å². The van der Waals surface area contributed by atoms with Gasteiger partial charge in [0.25, 0.3) is 0 Å². The average molecular weight is 373 g/mol. The first-order valence-electron chi connectivity index (χ1n) is 9.29. The van der Waals surface area contributed by atoms with Gasteiger partial charge >= 0.3 is 0 Å². The summed E-state index contributed by atoms with van der Waals surface area (Å²) in [5, 5.41) is 8.72. The lowest BCUT2D eigenvalue weighted by Crippen LogP contribution is -2.27. The van der Waals surface area contributed by atoms with Crippen molar-refractivity contribution >= 4 is 11.0 Å². The zero-order valence-electron chi connectivity index (χ0n) is 16.0. The average Bonchev–Trinajstić information content (AvgIpc) is 3.19. The predicted octanol–water partition coefficient (Wildman–Crippen LogP) is 4.75. The van der Waals surface area contributed by atoms with Gasteiger partial charge in [0.15, 0.2) is 6.23 Å². The Balaban J connectivity index is 1.86. The second-order valence-corrected chi connectivity index (χ2v) is 6.65. The molecule has 5 heteroatoms. The molecule has 0 spiro atoms. The molecule has 0 amide bonds. The van der Waals surface area contributed by atoms with Crippen molar-refractivity contribution in [2.45, 2.75) is 18.2 Å². The summed E-state index contributed by atoms with van der Waals surface area (Å²) in [4.78, 5) is 0. The van der Waals surface area contributed by atoms with Crippen molar-refractivity contribution < 1.29 is 9.47 Å². The molecule has 0 bridgehead atoms. The fraction of sp³-hybridized carbons (Fsp3) is 0.217. The van der Waals surface area contributed by atoms with Gasteiger partial charge in [-0.05, 0) is 23.3 Å². The molecule has 1 heterocycles. The zero-order chi connectivity index (χ0) is 19.3. The Kier molecular flexibility index (Phi) is 5.46. The van der Waals surface area contributed by atoms with Crippen molar-refractivity contribution in [3.05, 3.63) is 96.1 Å². The number of fused-ring (bicyclic) bond motifs is 1. The molecular weight excluding hydrogens is 350 g/mol. The maximum atomic E-state index is 6.00. The quantitative estimate of drug-likeness (QED) is 0.469. The lowest BCUT2D eigenvalue weighted by atomic mass is 9.87. The van der Waals surface area contributed by atoms with E-state index in [1.807, 2.05) is 65.3 Å². The molecule has 0 saturated carbocycles. The van der Waals surface area contributed by atoms with Crippen LogP contribution in [0.5, 0.6) is 0 Å². The van der Waals surface area contributed by atoms with Crippen LogP contribution in [-0.2, 0) is 9.47 Å². The Morgan fingerprint density at radius 2 is 1.32 bits per heavy atom. The molecule has 0 unspecified atom stereocenters. The topological polar surface area (TPSA) is 49.2 Å². The fourth-order valence-electron chi connectivity index (χ4n) is 3.77. The summed E-state index contributed by atoms with van der Waals surface area (Å²) >= 11 is 0. The first-order chi connectivity index (χ1) is 13.8. The molecule has 4 rings (SSSR count). The van der Waals surface area contributed by atoms with E-state index in [2.05, 4.69) is 34.6 Å². The largest absolute Gasteiger partial charge is 0.376 e. The number of rotatable bonds is 7. The molecule has 0 fully saturated rings. The Morgan fingerprint density at radius 3 is 1.96 bits per heavy atom. The molecule has 0 N–H and O–H groups in total. The van der Waals surface area contributed by atoms with Gasteiger partial charge in [-0.15, -0.1) is 5.10 Å². The Morgan fingerprint density at radius 1 is 0.714 bits per heavy atom.